The van der Waals surface area contributed by atoms with Gasteiger partial charge in [0.15, 0.2) is 0 Å². The smallest absolute Gasteiger partial charge is 0.0914 e. The number of nitriles is 2. The molecule has 0 aromatic rings. The van der Waals surface area contributed by atoms with E-state index in [0.29, 0.717) is 12.8 Å². The standard InChI is InChI=1S/C8H14N3.HI/c1-11(2,7-3-5-9)8-4-6-10;/h3-4,7-8H2,1-2H3;1H/q+1;/p-1. The zero-order valence-corrected chi connectivity index (χ0v) is 9.71. The second-order valence-corrected chi connectivity index (χ2v) is 3.20. The van der Waals surface area contributed by atoms with Gasteiger partial charge in [-0.2, -0.15) is 10.5 Å². The average molecular weight is 279 g/mol. The van der Waals surface area contributed by atoms with Crippen LogP contribution in [0.15, 0.2) is 0 Å². The predicted molar refractivity (Wildman–Crippen MR) is 42.3 cm³/mol. The van der Waals surface area contributed by atoms with Crippen molar-refractivity contribution in [2.45, 2.75) is 12.8 Å². The van der Waals surface area contributed by atoms with Gasteiger partial charge in [-0.1, -0.05) is 0 Å². The molecule has 0 atom stereocenters. The fourth-order valence-electron chi connectivity index (χ4n) is 0.817. The summed E-state index contributed by atoms with van der Waals surface area (Å²) in [6, 6.07) is 4.20. The molecule has 0 spiro atoms. The van der Waals surface area contributed by atoms with Crippen molar-refractivity contribution < 1.29 is 28.5 Å². The van der Waals surface area contributed by atoms with Gasteiger partial charge in [-0.3, -0.25) is 0 Å². The Hall–Kier alpha value is -0.330. The van der Waals surface area contributed by atoms with Crippen molar-refractivity contribution >= 4 is 0 Å². The lowest BCUT2D eigenvalue weighted by molar-refractivity contribution is -0.889. The van der Waals surface area contributed by atoms with Crippen molar-refractivity contribution in [2.75, 3.05) is 27.2 Å². The van der Waals surface area contributed by atoms with E-state index in [1.54, 1.807) is 0 Å². The van der Waals surface area contributed by atoms with Gasteiger partial charge in [0.05, 0.1) is 52.2 Å². The fraction of sp³-hybridized carbons (Fsp3) is 0.750. The van der Waals surface area contributed by atoms with E-state index in [-0.39, 0.29) is 24.0 Å². The summed E-state index contributed by atoms with van der Waals surface area (Å²) >= 11 is 0. The minimum atomic E-state index is 0. The van der Waals surface area contributed by atoms with Crippen LogP contribution < -0.4 is 24.0 Å². The summed E-state index contributed by atoms with van der Waals surface area (Å²) < 4.78 is 0.765. The van der Waals surface area contributed by atoms with Crippen LogP contribution >= 0.6 is 0 Å². The molecule has 0 unspecified atom stereocenters. The van der Waals surface area contributed by atoms with E-state index in [1.165, 1.54) is 0 Å². The van der Waals surface area contributed by atoms with Crippen molar-refractivity contribution in [1.29, 1.82) is 10.5 Å². The van der Waals surface area contributed by atoms with E-state index in [9.17, 15) is 0 Å². The summed E-state index contributed by atoms with van der Waals surface area (Å²) in [5.74, 6) is 0. The second kappa shape index (κ2) is 7.33. The van der Waals surface area contributed by atoms with E-state index in [4.69, 9.17) is 10.5 Å². The van der Waals surface area contributed by atoms with Gasteiger partial charge in [-0.15, -0.1) is 0 Å². The Bertz CT molecular complexity index is 167. The van der Waals surface area contributed by atoms with Crippen molar-refractivity contribution in [3.8, 4) is 12.1 Å². The Labute approximate surface area is 91.2 Å². The maximum absolute atomic E-state index is 8.33. The molecule has 0 aliphatic heterocycles. The summed E-state index contributed by atoms with van der Waals surface area (Å²) in [6.45, 7) is 1.66. The van der Waals surface area contributed by atoms with Crippen molar-refractivity contribution in [2.24, 2.45) is 0 Å². The zero-order chi connectivity index (χ0) is 8.74. The van der Waals surface area contributed by atoms with Gasteiger partial charge in [0.1, 0.15) is 0 Å². The topological polar surface area (TPSA) is 47.6 Å². The number of halogens is 1. The predicted octanol–water partition coefficient (Wildman–Crippen LogP) is -2.11. The third-order valence-electron chi connectivity index (χ3n) is 1.66. The van der Waals surface area contributed by atoms with Crippen LogP contribution in [0.2, 0.25) is 0 Å². The molecule has 3 nitrogen and oxygen atoms in total. The van der Waals surface area contributed by atoms with Gasteiger partial charge in [0.2, 0.25) is 0 Å². The van der Waals surface area contributed by atoms with Crippen molar-refractivity contribution in [3.05, 3.63) is 0 Å². The largest absolute Gasteiger partial charge is 1.00 e. The van der Waals surface area contributed by atoms with Crippen LogP contribution in [0.3, 0.4) is 0 Å². The normalized spacial score (nSPS) is 9.33. The van der Waals surface area contributed by atoms with Crippen LogP contribution in [0.5, 0.6) is 0 Å². The molecule has 0 aliphatic rings. The van der Waals surface area contributed by atoms with E-state index in [0.717, 1.165) is 17.6 Å². The molecule has 0 fully saturated rings. The molecule has 0 heterocycles. The van der Waals surface area contributed by atoms with Crippen molar-refractivity contribution in [3.63, 3.8) is 0 Å². The highest BCUT2D eigenvalue weighted by Crippen LogP contribution is 1.99. The molecule has 0 rings (SSSR count). The van der Waals surface area contributed by atoms with Crippen LogP contribution in [0.4, 0.5) is 0 Å². The lowest BCUT2D eigenvalue weighted by atomic mass is 10.3. The maximum atomic E-state index is 8.33. The first-order chi connectivity index (χ1) is 5.12. The zero-order valence-electron chi connectivity index (χ0n) is 7.55. The second-order valence-electron chi connectivity index (χ2n) is 3.20. The summed E-state index contributed by atoms with van der Waals surface area (Å²) in [6.07, 6.45) is 1.14. The third-order valence-corrected chi connectivity index (χ3v) is 1.66. The van der Waals surface area contributed by atoms with Gasteiger partial charge < -0.3 is 28.5 Å². The highest BCUT2D eigenvalue weighted by atomic mass is 127. The average Bonchev–Trinajstić information content (AvgIpc) is 1.97. The summed E-state index contributed by atoms with van der Waals surface area (Å²) in [4.78, 5) is 0. The van der Waals surface area contributed by atoms with Crippen LogP contribution in [0.1, 0.15) is 12.8 Å². The molecule has 0 aliphatic carbocycles. The van der Waals surface area contributed by atoms with Crippen LogP contribution in [-0.4, -0.2) is 31.7 Å². The molecular weight excluding hydrogens is 265 g/mol. The van der Waals surface area contributed by atoms with Crippen LogP contribution in [0, 0.1) is 22.7 Å². The lowest BCUT2D eigenvalue weighted by Crippen LogP contribution is -3.00. The monoisotopic (exact) mass is 279 g/mol. The van der Waals surface area contributed by atoms with Gasteiger partial charge in [0, 0.05) is 0 Å². The summed E-state index contributed by atoms with van der Waals surface area (Å²) in [5.41, 5.74) is 0. The molecule has 0 N–H and O–H groups in total. The number of nitrogens with zero attached hydrogens (tertiary/aromatic N) is 3. The Morgan fingerprint density at radius 3 is 1.58 bits per heavy atom. The highest BCUT2D eigenvalue weighted by molar-refractivity contribution is 4.70. The van der Waals surface area contributed by atoms with E-state index in [2.05, 4.69) is 12.1 Å². The molecule has 0 aromatic heterocycles. The van der Waals surface area contributed by atoms with E-state index in [1.807, 2.05) is 14.1 Å². The molecular formula is C8H14IN3. The SMILES string of the molecule is C[N+](C)(CCC#N)CCC#N.[I-]. The lowest BCUT2D eigenvalue weighted by Gasteiger charge is -2.27. The molecule has 0 aromatic carbocycles. The van der Waals surface area contributed by atoms with Gasteiger partial charge in [0.25, 0.3) is 0 Å². The summed E-state index contributed by atoms with van der Waals surface area (Å²) in [5, 5.41) is 16.7. The maximum Gasteiger partial charge on any atom is 0.0914 e. The highest BCUT2D eigenvalue weighted by Gasteiger charge is 2.12. The first-order valence-electron chi connectivity index (χ1n) is 3.68. The molecule has 4 heteroatoms. The van der Waals surface area contributed by atoms with Crippen LogP contribution in [-0.2, 0) is 0 Å². The molecule has 0 bridgehead atoms. The first-order valence-corrected chi connectivity index (χ1v) is 3.68. The summed E-state index contributed by atoms with van der Waals surface area (Å²) in [7, 11) is 4.07. The Morgan fingerprint density at radius 2 is 1.33 bits per heavy atom. The Kier molecular flexibility index (Phi) is 8.67. The van der Waals surface area contributed by atoms with Gasteiger partial charge in [-0.25, -0.2) is 0 Å². The van der Waals surface area contributed by atoms with E-state index < -0.39 is 0 Å². The molecule has 68 valence electrons. The quantitative estimate of drug-likeness (QED) is 0.437. The van der Waals surface area contributed by atoms with Gasteiger partial charge >= 0.3 is 0 Å². The van der Waals surface area contributed by atoms with Crippen molar-refractivity contribution in [1.82, 2.24) is 0 Å². The third kappa shape index (κ3) is 7.77. The minimum absolute atomic E-state index is 0. The number of rotatable bonds is 4. The molecule has 12 heavy (non-hydrogen) atoms. The molecule has 0 saturated heterocycles. The number of hydrogen-bond acceptors (Lipinski definition) is 2. The minimum Gasteiger partial charge on any atom is -1.00 e. The van der Waals surface area contributed by atoms with E-state index >= 15 is 0 Å². The molecule has 0 amide bonds. The molecule has 0 saturated carbocycles. The Morgan fingerprint density at radius 1 is 1.00 bits per heavy atom. The van der Waals surface area contributed by atoms with Crippen LogP contribution in [0.25, 0.3) is 0 Å². The van der Waals surface area contributed by atoms with Gasteiger partial charge in [-0.05, 0) is 0 Å². The Balaban J connectivity index is 0. The molecule has 0 radical (unpaired) electrons. The first kappa shape index (κ1) is 14.2. The number of quaternary nitrogens is 1. The number of hydrogen-bond donors (Lipinski definition) is 0. The fourth-order valence-corrected chi connectivity index (χ4v) is 0.817.